The number of hydrogen-bond acceptors (Lipinski definition) is 6. The highest BCUT2D eigenvalue weighted by atomic mass is 16.5. The average Bonchev–Trinajstić information content (AvgIpc) is 3.40. The summed E-state index contributed by atoms with van der Waals surface area (Å²) in [5.41, 5.74) is 11.2. The molecule has 2 heterocycles. The molecular weight excluding hydrogens is 506 g/mol. The molecule has 4 aromatic rings. The van der Waals surface area contributed by atoms with Gasteiger partial charge in [0, 0.05) is 19.2 Å². The van der Waals surface area contributed by atoms with Crippen LogP contribution in [0.1, 0.15) is 32.7 Å². The number of ether oxygens (including phenoxy) is 2. The Bertz CT molecular complexity index is 1480. The molecule has 1 unspecified atom stereocenters. The summed E-state index contributed by atoms with van der Waals surface area (Å²) in [4.78, 5) is 32.2. The van der Waals surface area contributed by atoms with Gasteiger partial charge >= 0.3 is 0 Å². The third-order valence-electron chi connectivity index (χ3n) is 7.06. The molecule has 0 bridgehead atoms. The fourth-order valence-corrected chi connectivity index (χ4v) is 4.81. The van der Waals surface area contributed by atoms with Gasteiger partial charge in [0.1, 0.15) is 18.4 Å². The lowest BCUT2D eigenvalue weighted by atomic mass is 10.0. The van der Waals surface area contributed by atoms with Gasteiger partial charge in [0.15, 0.2) is 5.75 Å². The number of imidazole rings is 1. The van der Waals surface area contributed by atoms with Crippen LogP contribution in [0.2, 0.25) is 0 Å². The number of fused-ring (bicyclic) bond motifs is 1. The van der Waals surface area contributed by atoms with Gasteiger partial charge in [-0.25, -0.2) is 4.98 Å². The van der Waals surface area contributed by atoms with Crippen LogP contribution >= 0.6 is 0 Å². The third-order valence-corrected chi connectivity index (χ3v) is 7.06. The summed E-state index contributed by atoms with van der Waals surface area (Å²) >= 11 is 0. The van der Waals surface area contributed by atoms with E-state index in [4.69, 9.17) is 15.2 Å². The normalized spacial score (nSPS) is 13.2. The Morgan fingerprint density at radius 3 is 2.52 bits per heavy atom. The van der Waals surface area contributed by atoms with Crippen molar-refractivity contribution < 1.29 is 19.1 Å². The van der Waals surface area contributed by atoms with Crippen molar-refractivity contribution in [3.8, 4) is 11.5 Å². The molecule has 206 valence electrons. The Kier molecular flexibility index (Phi) is 8.00. The van der Waals surface area contributed by atoms with Crippen LogP contribution in [0.25, 0.3) is 0 Å². The molecule has 1 atom stereocenters. The van der Waals surface area contributed by atoms with Crippen molar-refractivity contribution in [2.24, 2.45) is 5.73 Å². The predicted octanol–water partition coefficient (Wildman–Crippen LogP) is 3.47. The molecule has 1 aliphatic rings. The maximum atomic E-state index is 13.4. The maximum absolute atomic E-state index is 13.4. The number of nitrogens with two attached hydrogens (primary N) is 1. The fraction of sp³-hybridized carbons (Fsp3) is 0.258. The van der Waals surface area contributed by atoms with Crippen LogP contribution in [0.15, 0.2) is 79.3 Å². The second kappa shape index (κ2) is 11.9. The average molecular weight is 540 g/mol. The lowest BCUT2D eigenvalue weighted by Crippen LogP contribution is -2.46. The van der Waals surface area contributed by atoms with E-state index in [0.29, 0.717) is 36.8 Å². The standard InChI is InChI=1S/C31H33N5O4/c1-21-6-8-23(9-7-21)18-36-20-33-17-24(36)19-35-14-15-40-29-26(4-3-5-28(29)35)31(38)34-27(30(32)37)16-22-10-12-25(39-2)13-11-22/h3-13,17,20,27H,14-16,18-19H2,1-2H3,(H2,32,37)(H,34,38). The highest BCUT2D eigenvalue weighted by molar-refractivity contribution is 6.01. The summed E-state index contributed by atoms with van der Waals surface area (Å²) in [6.45, 7) is 4.49. The number of carbonyl (C=O) groups is 2. The first-order valence-corrected chi connectivity index (χ1v) is 13.2. The van der Waals surface area contributed by atoms with Crippen molar-refractivity contribution in [2.45, 2.75) is 32.5 Å². The topological polar surface area (TPSA) is 112 Å². The van der Waals surface area contributed by atoms with E-state index in [1.807, 2.05) is 36.8 Å². The van der Waals surface area contributed by atoms with E-state index in [2.05, 4.69) is 51.0 Å². The summed E-state index contributed by atoms with van der Waals surface area (Å²) in [6.07, 6.45) is 3.97. The number of aromatic nitrogens is 2. The van der Waals surface area contributed by atoms with Gasteiger partial charge in [-0.15, -0.1) is 0 Å². The van der Waals surface area contributed by atoms with E-state index in [0.717, 1.165) is 23.5 Å². The molecule has 2 amide bonds. The first kappa shape index (κ1) is 26.8. The molecule has 0 spiro atoms. The van der Waals surface area contributed by atoms with Crippen LogP contribution < -0.4 is 25.4 Å². The zero-order chi connectivity index (χ0) is 28.1. The highest BCUT2D eigenvalue weighted by Gasteiger charge is 2.27. The van der Waals surface area contributed by atoms with Gasteiger partial charge in [-0.05, 0) is 42.3 Å². The summed E-state index contributed by atoms with van der Waals surface area (Å²) in [5.74, 6) is 0.168. The van der Waals surface area contributed by atoms with Crippen molar-refractivity contribution in [1.82, 2.24) is 14.9 Å². The number of hydrogen-bond donors (Lipinski definition) is 2. The molecule has 9 heteroatoms. The van der Waals surface area contributed by atoms with Crippen LogP contribution in [0.5, 0.6) is 11.5 Å². The van der Waals surface area contributed by atoms with Gasteiger partial charge in [0.2, 0.25) is 5.91 Å². The zero-order valence-corrected chi connectivity index (χ0v) is 22.7. The molecule has 1 aliphatic heterocycles. The van der Waals surface area contributed by atoms with E-state index >= 15 is 0 Å². The SMILES string of the molecule is COc1ccc(CC(NC(=O)c2cccc3c2OCCN3Cc2cncn2Cc2ccc(C)cc2)C(N)=O)cc1. The van der Waals surface area contributed by atoms with Crippen molar-refractivity contribution >= 4 is 17.5 Å². The summed E-state index contributed by atoms with van der Waals surface area (Å²) in [5, 5.41) is 2.80. The number of para-hydroxylation sites is 1. The van der Waals surface area contributed by atoms with E-state index in [1.165, 1.54) is 11.1 Å². The molecule has 0 saturated heterocycles. The molecule has 1 aromatic heterocycles. The van der Waals surface area contributed by atoms with Gasteiger partial charge in [0.05, 0.1) is 43.5 Å². The van der Waals surface area contributed by atoms with E-state index in [9.17, 15) is 9.59 Å². The number of carbonyl (C=O) groups excluding carboxylic acids is 2. The van der Waals surface area contributed by atoms with Crippen LogP contribution in [-0.2, 0) is 24.3 Å². The van der Waals surface area contributed by atoms with Crippen LogP contribution in [0, 0.1) is 6.92 Å². The molecule has 3 N–H and O–H groups in total. The number of aryl methyl sites for hydroxylation is 1. The summed E-state index contributed by atoms with van der Waals surface area (Å²) in [6, 6.07) is 20.3. The fourth-order valence-electron chi connectivity index (χ4n) is 4.81. The van der Waals surface area contributed by atoms with Gasteiger partial charge < -0.3 is 30.0 Å². The molecule has 3 aromatic carbocycles. The summed E-state index contributed by atoms with van der Waals surface area (Å²) in [7, 11) is 1.59. The molecular formula is C31H33N5O4. The molecule has 0 fully saturated rings. The molecule has 40 heavy (non-hydrogen) atoms. The first-order valence-electron chi connectivity index (χ1n) is 13.2. The number of anilines is 1. The minimum atomic E-state index is -0.882. The van der Waals surface area contributed by atoms with Gasteiger partial charge in [-0.1, -0.05) is 48.0 Å². The molecule has 0 aliphatic carbocycles. The Labute approximate surface area is 233 Å². The minimum Gasteiger partial charge on any atom is -0.497 e. The lowest BCUT2D eigenvalue weighted by Gasteiger charge is -2.32. The second-order valence-electron chi connectivity index (χ2n) is 9.90. The van der Waals surface area contributed by atoms with E-state index < -0.39 is 17.9 Å². The summed E-state index contributed by atoms with van der Waals surface area (Å²) < 4.78 is 13.3. The Morgan fingerprint density at radius 1 is 1.05 bits per heavy atom. The number of benzene rings is 3. The van der Waals surface area contributed by atoms with Gasteiger partial charge in [0.25, 0.3) is 5.91 Å². The van der Waals surface area contributed by atoms with E-state index in [1.54, 1.807) is 25.3 Å². The predicted molar refractivity (Wildman–Crippen MR) is 153 cm³/mol. The maximum Gasteiger partial charge on any atom is 0.255 e. The molecule has 0 radical (unpaired) electrons. The quantitative estimate of drug-likeness (QED) is 0.319. The molecule has 5 rings (SSSR count). The smallest absolute Gasteiger partial charge is 0.255 e. The zero-order valence-electron chi connectivity index (χ0n) is 22.7. The largest absolute Gasteiger partial charge is 0.497 e. The number of nitrogens with one attached hydrogen (secondary N) is 1. The Morgan fingerprint density at radius 2 is 1.80 bits per heavy atom. The highest BCUT2D eigenvalue weighted by Crippen LogP contribution is 2.36. The molecule has 0 saturated carbocycles. The van der Waals surface area contributed by atoms with Gasteiger partial charge in [-0.3, -0.25) is 9.59 Å². The number of methoxy groups -OCH3 is 1. The van der Waals surface area contributed by atoms with E-state index in [-0.39, 0.29) is 6.42 Å². The number of primary amides is 1. The van der Waals surface area contributed by atoms with Crippen LogP contribution in [0.3, 0.4) is 0 Å². The van der Waals surface area contributed by atoms with Gasteiger partial charge in [-0.2, -0.15) is 0 Å². The number of rotatable bonds is 10. The lowest BCUT2D eigenvalue weighted by molar-refractivity contribution is -0.119. The second-order valence-corrected chi connectivity index (χ2v) is 9.90. The van der Waals surface area contributed by atoms with Crippen molar-refractivity contribution in [1.29, 1.82) is 0 Å². The Hall–Kier alpha value is -4.79. The van der Waals surface area contributed by atoms with Crippen molar-refractivity contribution in [3.63, 3.8) is 0 Å². The van der Waals surface area contributed by atoms with Crippen molar-refractivity contribution in [3.05, 3.63) is 107 Å². The number of nitrogens with zero attached hydrogens (tertiary/aromatic N) is 3. The third kappa shape index (κ3) is 6.09. The Balaban J connectivity index is 1.32. The van der Waals surface area contributed by atoms with Crippen LogP contribution in [0.4, 0.5) is 5.69 Å². The monoisotopic (exact) mass is 539 g/mol. The first-order chi connectivity index (χ1) is 19.4. The minimum absolute atomic E-state index is 0.262. The molecule has 9 nitrogen and oxygen atoms in total. The van der Waals surface area contributed by atoms with Crippen molar-refractivity contribution in [2.75, 3.05) is 25.2 Å². The number of amides is 2. The van der Waals surface area contributed by atoms with Crippen LogP contribution in [-0.4, -0.2) is 47.7 Å².